The first-order valence-corrected chi connectivity index (χ1v) is 7.23. The molecule has 0 aliphatic carbocycles. The fourth-order valence-corrected chi connectivity index (χ4v) is 1.80. The summed E-state index contributed by atoms with van der Waals surface area (Å²) in [5.74, 6) is 0.642. The lowest BCUT2D eigenvalue weighted by atomic mass is 10.2. The van der Waals surface area contributed by atoms with Crippen molar-refractivity contribution in [1.82, 2.24) is 5.32 Å². The first-order valence-electron chi connectivity index (χ1n) is 6.44. The Balaban J connectivity index is 2.09. The largest absolute Gasteiger partial charge is 0.493 e. The number of hydrogen-bond acceptors (Lipinski definition) is 4. The summed E-state index contributed by atoms with van der Waals surface area (Å²) in [6, 6.07) is 7.44. The van der Waals surface area contributed by atoms with Crippen molar-refractivity contribution in [2.45, 2.75) is 18.9 Å². The summed E-state index contributed by atoms with van der Waals surface area (Å²) >= 11 is 3.34. The molecule has 5 nitrogen and oxygen atoms in total. The highest BCUT2D eigenvalue weighted by atomic mass is 79.9. The zero-order valence-corrected chi connectivity index (χ0v) is 13.1. The quantitative estimate of drug-likeness (QED) is 0.715. The van der Waals surface area contributed by atoms with Gasteiger partial charge in [-0.2, -0.15) is 0 Å². The first-order chi connectivity index (χ1) is 9.61. The van der Waals surface area contributed by atoms with Crippen LogP contribution in [0.3, 0.4) is 0 Å². The van der Waals surface area contributed by atoms with Crippen LogP contribution in [0.25, 0.3) is 0 Å². The Kier molecular flexibility index (Phi) is 8.25. The van der Waals surface area contributed by atoms with E-state index in [4.69, 9.17) is 9.47 Å². The average Bonchev–Trinajstić information content (AvgIpc) is 2.41. The Morgan fingerprint density at radius 3 is 2.75 bits per heavy atom. The summed E-state index contributed by atoms with van der Waals surface area (Å²) in [5, 5.41) is 12.1. The van der Waals surface area contributed by atoms with Crippen LogP contribution in [0.2, 0.25) is 0 Å². The molecule has 0 saturated heterocycles. The van der Waals surface area contributed by atoms with Crippen LogP contribution in [-0.2, 0) is 9.53 Å². The molecule has 20 heavy (non-hydrogen) atoms. The summed E-state index contributed by atoms with van der Waals surface area (Å²) in [5.41, 5.74) is 0. The molecule has 1 rings (SSSR count). The topological polar surface area (TPSA) is 67.8 Å². The van der Waals surface area contributed by atoms with Gasteiger partial charge >= 0.3 is 0 Å². The average molecular weight is 346 g/mol. The van der Waals surface area contributed by atoms with E-state index in [1.165, 1.54) is 7.11 Å². The number of nitrogens with one attached hydrogen (secondary N) is 1. The van der Waals surface area contributed by atoms with Crippen molar-refractivity contribution in [1.29, 1.82) is 0 Å². The minimum atomic E-state index is -0.542. The van der Waals surface area contributed by atoms with E-state index in [1.807, 2.05) is 24.3 Å². The zero-order valence-electron chi connectivity index (χ0n) is 11.5. The van der Waals surface area contributed by atoms with Gasteiger partial charge < -0.3 is 19.9 Å². The normalized spacial score (nSPS) is 11.9. The van der Waals surface area contributed by atoms with Crippen LogP contribution in [0, 0.1) is 0 Å². The van der Waals surface area contributed by atoms with E-state index in [1.54, 1.807) is 0 Å². The van der Waals surface area contributed by atoms with Gasteiger partial charge in [-0.25, -0.2) is 0 Å². The number of methoxy groups -OCH3 is 1. The van der Waals surface area contributed by atoms with E-state index in [0.29, 0.717) is 19.6 Å². The molecule has 0 radical (unpaired) electrons. The van der Waals surface area contributed by atoms with Crippen molar-refractivity contribution < 1.29 is 19.4 Å². The number of carbonyl (C=O) groups excluding carboxylic acids is 1. The summed E-state index contributed by atoms with van der Waals surface area (Å²) in [6.45, 7) is 1.04. The number of aliphatic hydroxyl groups excluding tert-OH is 1. The van der Waals surface area contributed by atoms with Gasteiger partial charge in [0.2, 0.25) is 5.91 Å². The highest BCUT2D eigenvalue weighted by Crippen LogP contribution is 2.16. The smallest absolute Gasteiger partial charge is 0.223 e. The van der Waals surface area contributed by atoms with Crippen molar-refractivity contribution in [2.75, 3.05) is 26.9 Å². The van der Waals surface area contributed by atoms with Crippen LogP contribution < -0.4 is 10.1 Å². The molecule has 1 aromatic rings. The van der Waals surface area contributed by atoms with Gasteiger partial charge in [-0.15, -0.1) is 0 Å². The van der Waals surface area contributed by atoms with Gasteiger partial charge in [-0.3, -0.25) is 4.79 Å². The maximum atomic E-state index is 11.5. The van der Waals surface area contributed by atoms with E-state index in [9.17, 15) is 9.90 Å². The molecule has 112 valence electrons. The van der Waals surface area contributed by atoms with E-state index in [2.05, 4.69) is 21.2 Å². The van der Waals surface area contributed by atoms with Gasteiger partial charge in [0.1, 0.15) is 5.75 Å². The van der Waals surface area contributed by atoms with Crippen LogP contribution in [0.1, 0.15) is 12.8 Å². The maximum absolute atomic E-state index is 11.5. The van der Waals surface area contributed by atoms with Crippen LogP contribution in [-0.4, -0.2) is 44.0 Å². The molecular weight excluding hydrogens is 326 g/mol. The van der Waals surface area contributed by atoms with Crippen molar-refractivity contribution in [3.63, 3.8) is 0 Å². The molecule has 0 saturated carbocycles. The molecule has 0 bridgehead atoms. The lowest BCUT2D eigenvalue weighted by molar-refractivity contribution is -0.121. The highest BCUT2D eigenvalue weighted by molar-refractivity contribution is 9.10. The lowest BCUT2D eigenvalue weighted by Crippen LogP contribution is -2.29. The van der Waals surface area contributed by atoms with Crippen molar-refractivity contribution in [3.05, 3.63) is 28.7 Å². The van der Waals surface area contributed by atoms with Crippen LogP contribution in [0.5, 0.6) is 5.75 Å². The van der Waals surface area contributed by atoms with E-state index in [0.717, 1.165) is 10.2 Å². The monoisotopic (exact) mass is 345 g/mol. The van der Waals surface area contributed by atoms with Crippen molar-refractivity contribution in [3.8, 4) is 5.75 Å². The Morgan fingerprint density at radius 2 is 2.10 bits per heavy atom. The number of carbonyl (C=O) groups is 1. The Labute approximate surface area is 127 Å². The van der Waals surface area contributed by atoms with Crippen LogP contribution in [0.4, 0.5) is 0 Å². The number of hydrogen-bond donors (Lipinski definition) is 2. The first kappa shape index (κ1) is 16.9. The molecule has 0 aliphatic rings. The third kappa shape index (κ3) is 7.47. The third-order valence-corrected chi connectivity index (χ3v) is 3.10. The third-order valence-electron chi connectivity index (χ3n) is 2.57. The number of aliphatic hydroxyl groups is 1. The molecule has 0 heterocycles. The predicted octanol–water partition coefficient (Wildman–Crippen LogP) is 1.73. The molecule has 1 unspecified atom stereocenters. The second-order valence-corrected chi connectivity index (χ2v) is 5.22. The molecule has 1 atom stereocenters. The van der Waals surface area contributed by atoms with Gasteiger partial charge in [0, 0.05) is 18.1 Å². The number of amides is 1. The lowest BCUT2D eigenvalue weighted by Gasteiger charge is -2.10. The minimum Gasteiger partial charge on any atom is -0.493 e. The summed E-state index contributed by atoms with van der Waals surface area (Å²) in [6.07, 6.45) is 0.225. The summed E-state index contributed by atoms with van der Waals surface area (Å²) < 4.78 is 11.2. The molecule has 0 spiro atoms. The molecule has 1 aromatic carbocycles. The molecule has 0 aliphatic heterocycles. The van der Waals surface area contributed by atoms with Gasteiger partial charge in [0.15, 0.2) is 0 Å². The molecular formula is C14H20BrNO4. The SMILES string of the molecule is COCC(O)CCNC(=O)CCOc1ccc(Br)cc1. The number of benzene rings is 1. The Morgan fingerprint density at radius 1 is 1.40 bits per heavy atom. The second-order valence-electron chi connectivity index (χ2n) is 4.30. The number of ether oxygens (including phenoxy) is 2. The van der Waals surface area contributed by atoms with Crippen molar-refractivity contribution >= 4 is 21.8 Å². The van der Waals surface area contributed by atoms with Crippen LogP contribution in [0.15, 0.2) is 28.7 Å². The standard InChI is InChI=1S/C14H20BrNO4/c1-19-10-12(17)6-8-16-14(18)7-9-20-13-4-2-11(15)3-5-13/h2-5,12,17H,6-10H2,1H3,(H,16,18). The molecule has 1 amide bonds. The fourth-order valence-electron chi connectivity index (χ4n) is 1.53. The predicted molar refractivity (Wildman–Crippen MR) is 79.8 cm³/mol. The second kappa shape index (κ2) is 9.74. The molecule has 2 N–H and O–H groups in total. The highest BCUT2D eigenvalue weighted by Gasteiger charge is 2.05. The van der Waals surface area contributed by atoms with Gasteiger partial charge in [-0.05, 0) is 30.7 Å². The fraction of sp³-hybridized carbons (Fsp3) is 0.500. The zero-order chi connectivity index (χ0) is 14.8. The van der Waals surface area contributed by atoms with E-state index >= 15 is 0 Å². The van der Waals surface area contributed by atoms with E-state index in [-0.39, 0.29) is 18.9 Å². The van der Waals surface area contributed by atoms with E-state index < -0.39 is 6.10 Å². The number of halogens is 1. The van der Waals surface area contributed by atoms with Gasteiger partial charge in [-0.1, -0.05) is 15.9 Å². The molecule has 6 heteroatoms. The Hall–Kier alpha value is -1.11. The Bertz CT molecular complexity index is 397. The van der Waals surface area contributed by atoms with Crippen molar-refractivity contribution in [2.24, 2.45) is 0 Å². The summed E-state index contributed by atoms with van der Waals surface area (Å²) in [4.78, 5) is 11.5. The molecule has 0 fully saturated rings. The summed E-state index contributed by atoms with van der Waals surface area (Å²) in [7, 11) is 1.53. The number of rotatable bonds is 9. The van der Waals surface area contributed by atoms with Gasteiger partial charge in [0.25, 0.3) is 0 Å². The minimum absolute atomic E-state index is 0.0910. The van der Waals surface area contributed by atoms with Gasteiger partial charge in [0.05, 0.1) is 25.7 Å². The molecule has 0 aromatic heterocycles. The maximum Gasteiger partial charge on any atom is 0.223 e. The van der Waals surface area contributed by atoms with Crippen LogP contribution >= 0.6 is 15.9 Å².